The van der Waals surface area contributed by atoms with E-state index in [1.165, 1.54) is 22.6 Å². The summed E-state index contributed by atoms with van der Waals surface area (Å²) in [5, 5.41) is 15.3. The van der Waals surface area contributed by atoms with E-state index in [0.717, 1.165) is 0 Å². The molecule has 0 aliphatic carbocycles. The van der Waals surface area contributed by atoms with Crippen LogP contribution in [0.4, 0.5) is 18.9 Å². The minimum atomic E-state index is -5.25. The van der Waals surface area contributed by atoms with Gasteiger partial charge in [0.15, 0.2) is 5.75 Å². The summed E-state index contributed by atoms with van der Waals surface area (Å²) >= 11 is 1.23. The van der Waals surface area contributed by atoms with Gasteiger partial charge in [0.05, 0.1) is 4.92 Å². The van der Waals surface area contributed by atoms with Crippen molar-refractivity contribution in [3.05, 3.63) is 20.0 Å². The number of sulfonamides is 1. The average Bonchev–Trinajstić information content (AvgIpc) is 2.16. The van der Waals surface area contributed by atoms with Gasteiger partial charge in [-0.25, -0.2) is 18.5 Å². The molecule has 1 aromatic heterocycles. The van der Waals surface area contributed by atoms with Gasteiger partial charge in [-0.2, -0.15) is 0 Å². The maximum atomic E-state index is 12.2. The van der Waals surface area contributed by atoms with Crippen LogP contribution in [0.1, 0.15) is 0 Å². The van der Waals surface area contributed by atoms with Crippen molar-refractivity contribution in [3.8, 4) is 5.75 Å². The lowest BCUT2D eigenvalue weighted by Gasteiger charge is -2.13. The smallest absolute Gasteiger partial charge is 0.401 e. The maximum absolute atomic E-state index is 12.2. The highest BCUT2D eigenvalue weighted by molar-refractivity contribution is 14.1. The highest BCUT2D eigenvalue weighted by Crippen LogP contribution is 2.37. The van der Waals surface area contributed by atoms with Gasteiger partial charge in [0.1, 0.15) is 9.90 Å². The number of aromatic nitrogens is 1. The summed E-state index contributed by atoms with van der Waals surface area (Å²) in [6, 6.07) is 0. The molecule has 0 saturated heterocycles. The van der Waals surface area contributed by atoms with Gasteiger partial charge >= 0.3 is 12.0 Å². The Balaban J connectivity index is 3.69. The van der Waals surface area contributed by atoms with Gasteiger partial charge in [-0.1, -0.05) is 0 Å². The molecule has 8 nitrogen and oxygen atoms in total. The quantitative estimate of drug-likeness (QED) is 0.343. The van der Waals surface area contributed by atoms with Crippen LogP contribution in [0, 0.1) is 13.8 Å². The Bertz CT molecular complexity index is 632. The topological polar surface area (TPSA) is 125 Å². The van der Waals surface area contributed by atoms with Crippen molar-refractivity contribution in [2.75, 3.05) is 0 Å². The van der Waals surface area contributed by atoms with Gasteiger partial charge in [0, 0.05) is 0 Å². The standard InChI is InChI=1S/C6H3F3IN3O5S/c7-6(8,9)18-3-4(19(11,16)17)2(13(14)15)1-12-5(3)10/h1H,(H2,11,16,17). The molecule has 0 unspecified atom stereocenters. The van der Waals surface area contributed by atoms with Gasteiger partial charge in [-0.3, -0.25) is 10.1 Å². The Kier molecular flexibility index (Phi) is 4.20. The van der Waals surface area contributed by atoms with Crippen LogP contribution in [0.3, 0.4) is 0 Å². The highest BCUT2D eigenvalue weighted by Gasteiger charge is 2.39. The van der Waals surface area contributed by atoms with E-state index >= 15 is 0 Å². The molecule has 2 N–H and O–H groups in total. The van der Waals surface area contributed by atoms with E-state index in [1.807, 2.05) is 0 Å². The largest absolute Gasteiger partial charge is 0.573 e. The molecule has 1 heterocycles. The van der Waals surface area contributed by atoms with Gasteiger partial charge < -0.3 is 4.74 Å². The summed E-state index contributed by atoms with van der Waals surface area (Å²) in [5.74, 6) is -1.33. The number of alkyl halides is 3. The highest BCUT2D eigenvalue weighted by atomic mass is 127. The molecule has 0 aromatic carbocycles. The minimum Gasteiger partial charge on any atom is -0.401 e. The molecule has 1 rings (SSSR count). The Labute approximate surface area is 117 Å². The third-order valence-corrected chi connectivity index (χ3v) is 3.36. The van der Waals surface area contributed by atoms with Crippen molar-refractivity contribution in [1.29, 1.82) is 0 Å². The number of nitrogens with zero attached hydrogens (tertiary/aromatic N) is 2. The van der Waals surface area contributed by atoms with E-state index in [9.17, 15) is 31.7 Å². The van der Waals surface area contributed by atoms with E-state index in [0.29, 0.717) is 6.20 Å². The lowest BCUT2D eigenvalue weighted by atomic mass is 10.4. The fourth-order valence-corrected chi connectivity index (χ4v) is 2.57. The van der Waals surface area contributed by atoms with Crippen LogP contribution in [-0.2, 0) is 10.0 Å². The molecule has 0 spiro atoms. The molecule has 1 aromatic rings. The first-order valence-electron chi connectivity index (χ1n) is 4.05. The van der Waals surface area contributed by atoms with Crippen molar-refractivity contribution in [3.63, 3.8) is 0 Å². The Morgan fingerprint density at radius 1 is 1.47 bits per heavy atom. The van der Waals surface area contributed by atoms with Gasteiger partial charge in [-0.05, 0) is 22.6 Å². The molecular weight excluding hydrogens is 410 g/mol. The molecule has 106 valence electrons. The normalized spacial score (nSPS) is 12.3. The Morgan fingerprint density at radius 2 is 2.00 bits per heavy atom. The summed E-state index contributed by atoms with van der Waals surface area (Å²) in [4.78, 5) is 11.3. The van der Waals surface area contributed by atoms with Crippen molar-refractivity contribution < 1.29 is 31.2 Å². The summed E-state index contributed by atoms with van der Waals surface area (Å²) in [7, 11) is -4.82. The summed E-state index contributed by atoms with van der Waals surface area (Å²) in [6.07, 6.45) is -4.78. The van der Waals surface area contributed by atoms with E-state index in [2.05, 4.69) is 14.9 Å². The van der Waals surface area contributed by atoms with E-state index < -0.39 is 41.3 Å². The molecule has 0 atom stereocenters. The maximum Gasteiger partial charge on any atom is 0.573 e. The number of halogens is 4. The third kappa shape index (κ3) is 3.87. The average molecular weight is 413 g/mol. The first-order chi connectivity index (χ1) is 8.43. The van der Waals surface area contributed by atoms with Crippen LogP contribution >= 0.6 is 22.6 Å². The second kappa shape index (κ2) is 5.04. The molecule has 0 bridgehead atoms. The zero-order valence-corrected chi connectivity index (χ0v) is 11.5. The van der Waals surface area contributed by atoms with Gasteiger partial charge in [-0.15, -0.1) is 13.2 Å². The van der Waals surface area contributed by atoms with Crippen LogP contribution in [-0.4, -0.2) is 24.7 Å². The van der Waals surface area contributed by atoms with E-state index in [4.69, 9.17) is 0 Å². The molecule has 0 saturated carbocycles. The van der Waals surface area contributed by atoms with Crippen molar-refractivity contribution in [2.24, 2.45) is 5.14 Å². The minimum absolute atomic E-state index is 0.477. The van der Waals surface area contributed by atoms with Crippen LogP contribution in [0.15, 0.2) is 11.1 Å². The van der Waals surface area contributed by atoms with Crippen molar-refractivity contribution >= 4 is 38.3 Å². The van der Waals surface area contributed by atoms with Gasteiger partial charge in [0.25, 0.3) is 0 Å². The van der Waals surface area contributed by atoms with E-state index in [1.54, 1.807) is 0 Å². The SMILES string of the molecule is NS(=O)(=O)c1c([N+](=O)[O-])cnc(I)c1OC(F)(F)F. The molecule has 0 radical (unpaired) electrons. The molecule has 0 aliphatic heterocycles. The molecule has 13 heteroatoms. The molecular formula is C6H3F3IN3O5S. The lowest BCUT2D eigenvalue weighted by molar-refractivity contribution is -0.388. The first kappa shape index (κ1) is 15.8. The monoisotopic (exact) mass is 413 g/mol. The number of pyridine rings is 1. The molecule has 0 aliphatic rings. The lowest BCUT2D eigenvalue weighted by Crippen LogP contribution is -2.23. The van der Waals surface area contributed by atoms with Crippen LogP contribution < -0.4 is 9.88 Å². The van der Waals surface area contributed by atoms with Crippen LogP contribution in [0.2, 0.25) is 0 Å². The fourth-order valence-electron chi connectivity index (χ4n) is 1.05. The molecule has 0 amide bonds. The number of ether oxygens (including phenoxy) is 1. The number of nitrogens with two attached hydrogens (primary N) is 1. The van der Waals surface area contributed by atoms with E-state index in [-0.39, 0.29) is 0 Å². The predicted molar refractivity (Wildman–Crippen MR) is 61.7 cm³/mol. The number of nitro groups is 1. The zero-order valence-electron chi connectivity index (χ0n) is 8.51. The van der Waals surface area contributed by atoms with Crippen molar-refractivity contribution in [2.45, 2.75) is 11.3 Å². The third-order valence-electron chi connectivity index (χ3n) is 1.63. The summed E-state index contributed by atoms with van der Waals surface area (Å²) in [5.41, 5.74) is -1.21. The first-order valence-corrected chi connectivity index (χ1v) is 6.67. The Morgan fingerprint density at radius 3 is 2.37 bits per heavy atom. The number of hydrogen-bond acceptors (Lipinski definition) is 6. The summed E-state index contributed by atoms with van der Waals surface area (Å²) in [6.45, 7) is 0. The fraction of sp³-hybridized carbons (Fsp3) is 0.167. The Hall–Kier alpha value is -1.22. The van der Waals surface area contributed by atoms with Crippen LogP contribution in [0.25, 0.3) is 0 Å². The zero-order chi connectivity index (χ0) is 15.0. The second-order valence-corrected chi connectivity index (χ2v) is 5.46. The second-order valence-electron chi connectivity index (χ2n) is 2.94. The number of primary sulfonamides is 1. The number of rotatable bonds is 3. The molecule has 0 fully saturated rings. The predicted octanol–water partition coefficient (Wildman–Crippen LogP) is 1.14. The molecule has 19 heavy (non-hydrogen) atoms. The number of hydrogen-bond donors (Lipinski definition) is 1. The van der Waals surface area contributed by atoms with Crippen molar-refractivity contribution in [1.82, 2.24) is 4.98 Å². The van der Waals surface area contributed by atoms with Gasteiger partial charge in [0.2, 0.25) is 14.9 Å². The van der Waals surface area contributed by atoms with Crippen LogP contribution in [0.5, 0.6) is 5.75 Å². The summed E-state index contributed by atoms with van der Waals surface area (Å²) < 4.78 is 61.8.